The number of carbonyl (C=O) groups excluding carboxylic acids is 1. The highest BCUT2D eigenvalue weighted by Gasteiger charge is 2.23. The maximum absolute atomic E-state index is 11.6. The van der Waals surface area contributed by atoms with Crippen LogP contribution in [0.1, 0.15) is 28.4 Å². The zero-order valence-electron chi connectivity index (χ0n) is 16.9. The number of morpholine rings is 1. The number of rotatable bonds is 6. The van der Waals surface area contributed by atoms with Gasteiger partial charge < -0.3 is 19.7 Å². The third-order valence-corrected chi connectivity index (χ3v) is 5.87. The molecule has 0 aliphatic carbocycles. The van der Waals surface area contributed by atoms with E-state index < -0.39 is 0 Å². The highest BCUT2D eigenvalue weighted by Crippen LogP contribution is 2.21. The van der Waals surface area contributed by atoms with Crippen LogP contribution in [0.15, 0.2) is 36.4 Å². The van der Waals surface area contributed by atoms with E-state index in [0.29, 0.717) is 53.6 Å². The molecule has 1 N–H and O–H groups in total. The standard InChI is InChI=1S/C22H24Cl2N2O3S/c1-14-9-18(5-6-20(14)15(2)27)29-13-19-12-26(7-8-28-19)22(30)25-11-16-3-4-17(23)10-21(16)24/h3-6,9-10,19H,7-8,11-13H2,1-2H3,(H,25,30). The van der Waals surface area contributed by atoms with Crippen molar-refractivity contribution in [1.82, 2.24) is 10.2 Å². The second-order valence-electron chi connectivity index (χ2n) is 7.18. The van der Waals surface area contributed by atoms with Crippen molar-refractivity contribution in [2.75, 3.05) is 26.3 Å². The SMILES string of the molecule is CC(=O)c1ccc(OCC2CN(C(=S)NCc3ccc(Cl)cc3Cl)CCO2)cc1C. The first-order chi connectivity index (χ1) is 14.3. The van der Waals surface area contributed by atoms with Gasteiger partial charge >= 0.3 is 0 Å². The molecule has 0 spiro atoms. The lowest BCUT2D eigenvalue weighted by Gasteiger charge is -2.34. The van der Waals surface area contributed by atoms with E-state index in [0.717, 1.165) is 16.9 Å². The van der Waals surface area contributed by atoms with E-state index in [4.69, 9.17) is 44.9 Å². The summed E-state index contributed by atoms with van der Waals surface area (Å²) in [5, 5.41) is 5.11. The Morgan fingerprint density at radius 1 is 1.30 bits per heavy atom. The summed E-state index contributed by atoms with van der Waals surface area (Å²) in [6.07, 6.45) is -0.106. The van der Waals surface area contributed by atoms with E-state index in [2.05, 4.69) is 10.2 Å². The minimum atomic E-state index is -0.106. The highest BCUT2D eigenvalue weighted by molar-refractivity contribution is 7.80. The molecular formula is C22H24Cl2N2O3S. The van der Waals surface area contributed by atoms with E-state index >= 15 is 0 Å². The van der Waals surface area contributed by atoms with Gasteiger partial charge in [0.25, 0.3) is 0 Å². The number of nitrogens with zero attached hydrogens (tertiary/aromatic N) is 1. The summed E-state index contributed by atoms with van der Waals surface area (Å²) in [5.41, 5.74) is 2.54. The van der Waals surface area contributed by atoms with Gasteiger partial charge in [0.2, 0.25) is 0 Å². The van der Waals surface area contributed by atoms with Gasteiger partial charge in [0.15, 0.2) is 10.9 Å². The normalized spacial score (nSPS) is 16.3. The van der Waals surface area contributed by atoms with Gasteiger partial charge in [-0.15, -0.1) is 0 Å². The number of halogens is 2. The summed E-state index contributed by atoms with van der Waals surface area (Å²) in [5.74, 6) is 0.766. The molecule has 160 valence electrons. The second-order valence-corrected chi connectivity index (χ2v) is 8.41. The van der Waals surface area contributed by atoms with Crippen molar-refractivity contribution in [2.45, 2.75) is 26.5 Å². The van der Waals surface area contributed by atoms with Crippen molar-refractivity contribution in [1.29, 1.82) is 0 Å². The highest BCUT2D eigenvalue weighted by atomic mass is 35.5. The first-order valence-electron chi connectivity index (χ1n) is 9.66. The molecule has 1 aliphatic rings. The molecule has 0 radical (unpaired) electrons. The number of Topliss-reactive ketones (excluding diaryl/α,β-unsaturated/α-hetero) is 1. The summed E-state index contributed by atoms with van der Waals surface area (Å²) < 4.78 is 11.7. The molecule has 1 heterocycles. The van der Waals surface area contributed by atoms with E-state index in [9.17, 15) is 4.79 Å². The van der Waals surface area contributed by atoms with Crippen LogP contribution in [0.2, 0.25) is 10.0 Å². The van der Waals surface area contributed by atoms with Gasteiger partial charge in [-0.3, -0.25) is 4.79 Å². The number of ether oxygens (including phenoxy) is 2. The van der Waals surface area contributed by atoms with Crippen LogP contribution in [-0.2, 0) is 11.3 Å². The first-order valence-corrected chi connectivity index (χ1v) is 10.8. The Hall–Kier alpha value is -1.86. The van der Waals surface area contributed by atoms with Crippen molar-refractivity contribution < 1.29 is 14.3 Å². The Morgan fingerprint density at radius 2 is 2.10 bits per heavy atom. The average molecular weight is 467 g/mol. The predicted molar refractivity (Wildman–Crippen MR) is 124 cm³/mol. The third kappa shape index (κ3) is 6.08. The number of hydrogen-bond acceptors (Lipinski definition) is 4. The molecule has 2 aromatic rings. The smallest absolute Gasteiger partial charge is 0.169 e. The number of benzene rings is 2. The number of aryl methyl sites for hydroxylation is 1. The lowest BCUT2D eigenvalue weighted by atomic mass is 10.1. The van der Waals surface area contributed by atoms with Crippen molar-refractivity contribution in [3.63, 3.8) is 0 Å². The molecule has 0 bridgehead atoms. The molecule has 1 aliphatic heterocycles. The molecule has 5 nitrogen and oxygen atoms in total. The monoisotopic (exact) mass is 466 g/mol. The summed E-state index contributed by atoms with van der Waals surface area (Å²) in [4.78, 5) is 13.6. The summed E-state index contributed by atoms with van der Waals surface area (Å²) >= 11 is 17.7. The molecule has 1 fully saturated rings. The Morgan fingerprint density at radius 3 is 2.80 bits per heavy atom. The van der Waals surface area contributed by atoms with Crippen LogP contribution in [0, 0.1) is 6.92 Å². The lowest BCUT2D eigenvalue weighted by Crippen LogP contribution is -2.50. The van der Waals surface area contributed by atoms with Crippen LogP contribution in [0.4, 0.5) is 0 Å². The number of hydrogen-bond donors (Lipinski definition) is 1. The predicted octanol–water partition coefficient (Wildman–Crippen LogP) is 4.66. The van der Waals surface area contributed by atoms with Crippen LogP contribution >= 0.6 is 35.4 Å². The molecule has 1 unspecified atom stereocenters. The van der Waals surface area contributed by atoms with Gasteiger partial charge in [0.05, 0.1) is 6.61 Å². The quantitative estimate of drug-likeness (QED) is 0.493. The third-order valence-electron chi connectivity index (χ3n) is 4.88. The fraction of sp³-hybridized carbons (Fsp3) is 0.364. The summed E-state index contributed by atoms with van der Waals surface area (Å²) in [6.45, 7) is 6.30. The van der Waals surface area contributed by atoms with Gasteiger partial charge in [-0.05, 0) is 67.5 Å². The fourth-order valence-corrected chi connectivity index (χ4v) is 3.98. The zero-order valence-corrected chi connectivity index (χ0v) is 19.2. The Balaban J connectivity index is 1.50. The molecule has 0 saturated carbocycles. The van der Waals surface area contributed by atoms with Gasteiger partial charge in [-0.1, -0.05) is 29.3 Å². The van der Waals surface area contributed by atoms with Crippen LogP contribution in [0.5, 0.6) is 5.75 Å². The van der Waals surface area contributed by atoms with E-state index in [-0.39, 0.29) is 11.9 Å². The fourth-order valence-electron chi connectivity index (χ4n) is 3.26. The number of nitrogens with one attached hydrogen (secondary N) is 1. The Bertz CT molecular complexity index is 939. The van der Waals surface area contributed by atoms with Crippen molar-refractivity contribution in [3.8, 4) is 5.75 Å². The van der Waals surface area contributed by atoms with Gasteiger partial charge in [-0.2, -0.15) is 0 Å². The van der Waals surface area contributed by atoms with Crippen LogP contribution in [-0.4, -0.2) is 48.2 Å². The molecule has 1 saturated heterocycles. The Kier molecular flexibility index (Phi) is 7.94. The van der Waals surface area contributed by atoms with Crippen molar-refractivity contribution >= 4 is 46.3 Å². The minimum absolute atomic E-state index is 0.0474. The molecule has 0 aromatic heterocycles. The first kappa shape index (κ1) is 22.8. The van der Waals surface area contributed by atoms with Crippen LogP contribution in [0.25, 0.3) is 0 Å². The Labute approximate surface area is 192 Å². The molecular weight excluding hydrogens is 443 g/mol. The topological polar surface area (TPSA) is 50.8 Å². The summed E-state index contributed by atoms with van der Waals surface area (Å²) in [7, 11) is 0. The van der Waals surface area contributed by atoms with Crippen molar-refractivity contribution in [3.05, 3.63) is 63.1 Å². The maximum atomic E-state index is 11.6. The number of thiocarbonyl (C=S) groups is 1. The second kappa shape index (κ2) is 10.4. The molecule has 2 aromatic carbocycles. The van der Waals surface area contributed by atoms with E-state index in [1.807, 2.05) is 25.1 Å². The van der Waals surface area contributed by atoms with Crippen LogP contribution in [0.3, 0.4) is 0 Å². The van der Waals surface area contributed by atoms with Gasteiger partial charge in [0.1, 0.15) is 18.5 Å². The molecule has 0 amide bonds. The molecule has 30 heavy (non-hydrogen) atoms. The molecule has 8 heteroatoms. The molecule has 3 rings (SSSR count). The van der Waals surface area contributed by atoms with Gasteiger partial charge in [-0.25, -0.2) is 0 Å². The number of carbonyl (C=O) groups is 1. The van der Waals surface area contributed by atoms with E-state index in [1.54, 1.807) is 25.1 Å². The number of ketones is 1. The van der Waals surface area contributed by atoms with Gasteiger partial charge in [0, 0.05) is 35.2 Å². The van der Waals surface area contributed by atoms with Crippen molar-refractivity contribution in [2.24, 2.45) is 0 Å². The molecule has 1 atom stereocenters. The zero-order chi connectivity index (χ0) is 21.7. The van der Waals surface area contributed by atoms with E-state index in [1.165, 1.54) is 0 Å². The minimum Gasteiger partial charge on any atom is -0.491 e. The van der Waals surface area contributed by atoms with Crippen LogP contribution < -0.4 is 10.1 Å². The lowest BCUT2D eigenvalue weighted by molar-refractivity contribution is -0.0288. The summed E-state index contributed by atoms with van der Waals surface area (Å²) in [6, 6.07) is 10.9. The average Bonchev–Trinajstić information content (AvgIpc) is 2.71. The largest absolute Gasteiger partial charge is 0.491 e. The maximum Gasteiger partial charge on any atom is 0.169 e.